The van der Waals surface area contributed by atoms with E-state index >= 15 is 4.79 Å². The van der Waals surface area contributed by atoms with Crippen molar-refractivity contribution in [1.29, 1.82) is 0 Å². The molecule has 1 heterocycles. The number of hydrogen-bond acceptors (Lipinski definition) is 17. The molecule has 552 valence electrons. The Morgan fingerprint density at radius 2 is 1.39 bits per heavy atom. The molecule has 22 nitrogen and oxygen atoms in total. The Morgan fingerprint density at radius 3 is 1.98 bits per heavy atom. The summed E-state index contributed by atoms with van der Waals surface area (Å²) in [6.45, 7) is 19.6. The van der Waals surface area contributed by atoms with Crippen molar-refractivity contribution in [2.24, 2.45) is 59.2 Å². The molecule has 0 radical (unpaired) electrons. The molecule has 5 amide bonds. The van der Waals surface area contributed by atoms with Crippen molar-refractivity contribution in [1.82, 2.24) is 20.0 Å². The van der Waals surface area contributed by atoms with E-state index in [0.29, 0.717) is 36.9 Å². The number of nitrogens with zero attached hydrogens (tertiary/aromatic N) is 3. The van der Waals surface area contributed by atoms with Crippen LogP contribution in [-0.4, -0.2) is 169 Å². The van der Waals surface area contributed by atoms with E-state index in [4.69, 9.17) is 28.4 Å². The van der Waals surface area contributed by atoms with Crippen molar-refractivity contribution in [3.63, 3.8) is 0 Å². The smallest absolute Gasteiger partial charge is 0.410 e. The summed E-state index contributed by atoms with van der Waals surface area (Å²) in [6, 6.07) is 27.8. The topological polar surface area (TPSA) is 283 Å². The van der Waals surface area contributed by atoms with Crippen molar-refractivity contribution in [2.75, 3.05) is 59.9 Å². The normalized spacial score (nSPS) is 20.7. The van der Waals surface area contributed by atoms with Crippen molar-refractivity contribution < 1.29 is 81.8 Å². The zero-order valence-electron chi connectivity index (χ0n) is 61.7. The number of carbonyl (C=O) groups is 9. The summed E-state index contributed by atoms with van der Waals surface area (Å²) in [7, 11) is 5.93. The predicted molar refractivity (Wildman–Crippen MR) is 382 cm³/mol. The van der Waals surface area contributed by atoms with Crippen LogP contribution >= 0.6 is 0 Å². The Labute approximate surface area is 596 Å². The molecule has 101 heavy (non-hydrogen) atoms. The number of hydrogen-bond donors (Lipinski definition) is 4. The number of carbonyl (C=O) groups excluding carboxylic acids is 9. The number of esters is 2. The van der Waals surface area contributed by atoms with Gasteiger partial charge in [-0.3, -0.25) is 33.6 Å². The maximum atomic E-state index is 15.0. The summed E-state index contributed by atoms with van der Waals surface area (Å²) < 4.78 is 35.4. The number of likely N-dealkylation sites (tertiary alicyclic amines) is 1. The van der Waals surface area contributed by atoms with Crippen LogP contribution in [0.25, 0.3) is 11.1 Å². The molecule has 22 heteroatoms. The number of Topliss-reactive ketones (excluding diaryl/α,β-unsaturated/α-hetero) is 2. The first-order chi connectivity index (χ1) is 48.1. The van der Waals surface area contributed by atoms with Gasteiger partial charge in [0.15, 0.2) is 5.78 Å². The van der Waals surface area contributed by atoms with E-state index in [1.54, 1.807) is 55.8 Å². The Kier molecular flexibility index (Phi) is 29.4. The van der Waals surface area contributed by atoms with E-state index in [2.05, 4.69) is 10.6 Å². The summed E-state index contributed by atoms with van der Waals surface area (Å²) in [5.41, 5.74) is 5.50. The van der Waals surface area contributed by atoms with Gasteiger partial charge in [-0.1, -0.05) is 161 Å². The highest BCUT2D eigenvalue weighted by Gasteiger charge is 2.48. The second-order valence-electron chi connectivity index (χ2n) is 28.8. The third-order valence-electron chi connectivity index (χ3n) is 21.5. The summed E-state index contributed by atoms with van der Waals surface area (Å²) in [5, 5.41) is 27.5. The first kappa shape index (κ1) is 80.1. The number of fused-ring (bicyclic) bond motifs is 3. The van der Waals surface area contributed by atoms with E-state index in [1.807, 2.05) is 127 Å². The molecule has 4 aromatic carbocycles. The SMILES string of the molecule is CC[C@H](C)[C@@H]([C@@H](CC(=O)N1CCC[C@H]1[C@H](CO)[C@@H](C)C(=O)C[C@H](C)[C@@H](O)c1ccccc1)OC)N(C)C(=O)C(CC(=O)[C@H](C(C)C)N(C)C(=O)OCc1ccc(O[C@@H]2C[C@H](C(=O)OC)[C@@H](C)[C@H](C)[C@H]2OC(C)=O)c(NC(=O)CCNC(=O)OCC2c3ccccc3-c3ccccc32)c1)C(C)C. The lowest BCUT2D eigenvalue weighted by Crippen LogP contribution is -2.54. The lowest BCUT2D eigenvalue weighted by molar-refractivity contribution is -0.169. The number of alkyl carbamates (subject to hydrolysis) is 1. The van der Waals surface area contributed by atoms with E-state index in [0.717, 1.165) is 22.3 Å². The van der Waals surface area contributed by atoms with Gasteiger partial charge in [-0.2, -0.15) is 0 Å². The molecule has 1 unspecified atom stereocenters. The number of rotatable bonds is 34. The molecule has 0 aromatic heterocycles. The number of nitrogens with one attached hydrogen (secondary N) is 2. The van der Waals surface area contributed by atoms with E-state index < -0.39 is 102 Å². The summed E-state index contributed by atoms with van der Waals surface area (Å²) in [5.74, 6) is -7.21. The van der Waals surface area contributed by atoms with Crippen LogP contribution < -0.4 is 15.4 Å². The number of ketones is 2. The van der Waals surface area contributed by atoms with Crippen LogP contribution in [0, 0.1) is 59.2 Å². The Balaban J connectivity index is 1.02. The third kappa shape index (κ3) is 19.9. The number of aliphatic hydroxyl groups is 2. The minimum absolute atomic E-state index is 0.0756. The van der Waals surface area contributed by atoms with Crippen LogP contribution in [0.1, 0.15) is 162 Å². The van der Waals surface area contributed by atoms with Crippen LogP contribution in [0.4, 0.5) is 15.3 Å². The summed E-state index contributed by atoms with van der Waals surface area (Å²) >= 11 is 0. The largest absolute Gasteiger partial charge is 0.484 e. The number of aliphatic hydroxyl groups excluding tert-OH is 2. The fraction of sp³-hybridized carbons (Fsp3) is 0.582. The molecule has 3 aliphatic rings. The van der Waals surface area contributed by atoms with Gasteiger partial charge in [-0.15, -0.1) is 0 Å². The van der Waals surface area contributed by atoms with Crippen molar-refractivity contribution in [3.05, 3.63) is 119 Å². The standard InChI is InChI=1S/C79H109N5O17/c1-16-47(6)73(68(96-14)41-71(90)84-36-24-31-64(84)61(42-85)51(10)65(87)37-48(7)74(91)54-25-18-17-19-26-54)82(12)76(92)59(45(2)3)39-66(88)72(46(4)5)83(13)79(95)99-43-53-32-33-67(101-69-40-60(77(93)97-15)49(8)50(9)75(69)100-52(11)86)63(38-53)81-70(89)34-35-80-78(94)98-44-62-57-29-22-20-27-55(57)56-28-21-23-30-58(56)62/h17-23,25-30,32-33,38,45-51,59-62,64,68-69,72-75,85,91H,16,24,31,34-37,39-44H2,1-15H3,(H,80,94)(H,81,89)/t47-,48-,49-,50-,51+,59?,60-,61+,64-,68+,69+,72-,73-,74+,75+/m0/s1. The van der Waals surface area contributed by atoms with Gasteiger partial charge in [-0.05, 0) is 87.9 Å². The van der Waals surface area contributed by atoms with Crippen LogP contribution in [0.3, 0.4) is 0 Å². The average molecular weight is 1400 g/mol. The number of likely N-dealkylation sites (N-methyl/N-ethyl adjacent to an activating group) is 2. The number of methoxy groups -OCH3 is 2. The Bertz CT molecular complexity index is 3450. The molecule has 15 atom stereocenters. The molecule has 4 N–H and O–H groups in total. The molecular weight excluding hydrogens is 1290 g/mol. The van der Waals surface area contributed by atoms with Gasteiger partial charge in [0.1, 0.15) is 37.0 Å². The molecule has 4 aromatic rings. The highest BCUT2D eigenvalue weighted by molar-refractivity contribution is 5.93. The molecule has 1 saturated heterocycles. The molecule has 2 fully saturated rings. The minimum Gasteiger partial charge on any atom is -0.484 e. The molecule has 0 bridgehead atoms. The van der Waals surface area contributed by atoms with Gasteiger partial charge in [0.05, 0.1) is 49.4 Å². The van der Waals surface area contributed by atoms with Crippen LogP contribution in [0.15, 0.2) is 97.1 Å². The van der Waals surface area contributed by atoms with E-state index in [1.165, 1.54) is 33.1 Å². The lowest BCUT2D eigenvalue weighted by atomic mass is 9.70. The number of amides is 5. The molecule has 0 spiro atoms. The number of ether oxygens (including phenoxy) is 6. The quantitative estimate of drug-likeness (QED) is 0.0250. The molecule has 2 aliphatic carbocycles. The maximum absolute atomic E-state index is 15.0. The second kappa shape index (κ2) is 37.1. The van der Waals surface area contributed by atoms with Gasteiger partial charge in [-0.25, -0.2) is 9.59 Å². The summed E-state index contributed by atoms with van der Waals surface area (Å²) in [4.78, 5) is 130. The van der Waals surface area contributed by atoms with Gasteiger partial charge < -0.3 is 64.0 Å². The van der Waals surface area contributed by atoms with E-state index in [9.17, 15) is 48.6 Å². The Morgan fingerprint density at radius 1 is 0.743 bits per heavy atom. The van der Waals surface area contributed by atoms with E-state index in [-0.39, 0.29) is 129 Å². The van der Waals surface area contributed by atoms with Gasteiger partial charge in [0.2, 0.25) is 17.7 Å². The van der Waals surface area contributed by atoms with Crippen molar-refractivity contribution >= 4 is 59.1 Å². The number of anilines is 1. The van der Waals surface area contributed by atoms with Gasteiger partial charge in [0, 0.05) is 109 Å². The zero-order chi connectivity index (χ0) is 74.1. The highest BCUT2D eigenvalue weighted by atomic mass is 16.6. The summed E-state index contributed by atoms with van der Waals surface area (Å²) in [6.07, 6.45) is -3.32. The van der Waals surface area contributed by atoms with Crippen LogP contribution in [0.2, 0.25) is 0 Å². The third-order valence-corrected chi connectivity index (χ3v) is 21.5. The predicted octanol–water partition coefficient (Wildman–Crippen LogP) is 11.4. The maximum Gasteiger partial charge on any atom is 0.410 e. The average Bonchev–Trinajstić information content (AvgIpc) is 1.67. The van der Waals surface area contributed by atoms with Gasteiger partial charge >= 0.3 is 24.1 Å². The van der Waals surface area contributed by atoms with Crippen molar-refractivity contribution in [3.8, 4) is 16.9 Å². The minimum atomic E-state index is -1.04. The van der Waals surface area contributed by atoms with Crippen LogP contribution in [0.5, 0.6) is 5.75 Å². The Hall–Kier alpha value is -8.21. The van der Waals surface area contributed by atoms with Crippen molar-refractivity contribution in [2.45, 2.75) is 183 Å². The van der Waals surface area contributed by atoms with Crippen LogP contribution in [-0.2, 0) is 63.9 Å². The molecule has 7 rings (SSSR count). The monoisotopic (exact) mass is 1400 g/mol. The second-order valence-corrected chi connectivity index (χ2v) is 28.8. The molecule has 1 saturated carbocycles. The first-order valence-corrected chi connectivity index (χ1v) is 35.9. The zero-order valence-corrected chi connectivity index (χ0v) is 61.7. The van der Waals surface area contributed by atoms with Gasteiger partial charge in [0.25, 0.3) is 0 Å². The first-order valence-electron chi connectivity index (χ1n) is 35.9. The lowest BCUT2D eigenvalue weighted by Gasteiger charge is -2.42. The number of benzene rings is 4. The fourth-order valence-corrected chi connectivity index (χ4v) is 15.3. The molecule has 1 aliphatic heterocycles. The highest BCUT2D eigenvalue weighted by Crippen LogP contribution is 2.45. The fourth-order valence-electron chi connectivity index (χ4n) is 15.3. The molecular formula is C79H109N5O17.